The van der Waals surface area contributed by atoms with Gasteiger partial charge in [0.25, 0.3) is 0 Å². The van der Waals surface area contributed by atoms with E-state index in [9.17, 15) is 4.79 Å². The smallest absolute Gasteiger partial charge is 0.226 e. The lowest BCUT2D eigenvalue weighted by molar-refractivity contribution is -0.126. The Kier molecular flexibility index (Phi) is 4.61. The van der Waals surface area contributed by atoms with Crippen molar-refractivity contribution in [2.75, 3.05) is 13.2 Å². The number of carbonyl (C=O) groups excluding carboxylic acids is 1. The molecule has 5 nitrogen and oxygen atoms in total. The number of nitrogens with one attached hydrogen (secondary N) is 1. The van der Waals surface area contributed by atoms with Crippen LogP contribution in [0.1, 0.15) is 17.8 Å². The van der Waals surface area contributed by atoms with Gasteiger partial charge in [-0.15, -0.1) is 0 Å². The summed E-state index contributed by atoms with van der Waals surface area (Å²) in [4.78, 5) is 17.1. The lowest BCUT2D eigenvalue weighted by atomic mass is 9.96. The van der Waals surface area contributed by atoms with Gasteiger partial charge in [-0.05, 0) is 36.6 Å². The number of hydrogen-bond acceptors (Lipinski definition) is 3. The molecule has 2 aromatic carbocycles. The van der Waals surface area contributed by atoms with Gasteiger partial charge in [-0.3, -0.25) is 4.79 Å². The quantitative estimate of drug-likeness (QED) is 0.721. The standard InChI is InChI=1S/C21H23N3O2/c1-24-18-9-4-3-8-17(18)23-20(24)11-6-12-22-21(25)16-13-15-7-2-5-10-19(15)26-14-16/h2-5,7-10,16H,6,11-14H2,1H3,(H,22,25). The van der Waals surface area contributed by atoms with Crippen LogP contribution in [0.2, 0.25) is 0 Å². The first-order chi connectivity index (χ1) is 12.7. The second-order valence-corrected chi connectivity index (χ2v) is 6.79. The molecule has 0 fully saturated rings. The highest BCUT2D eigenvalue weighted by Crippen LogP contribution is 2.26. The van der Waals surface area contributed by atoms with Gasteiger partial charge in [0.15, 0.2) is 0 Å². The zero-order valence-corrected chi connectivity index (χ0v) is 14.9. The van der Waals surface area contributed by atoms with Crippen molar-refractivity contribution in [2.45, 2.75) is 19.3 Å². The van der Waals surface area contributed by atoms with Crippen molar-refractivity contribution in [3.8, 4) is 5.75 Å². The highest BCUT2D eigenvalue weighted by atomic mass is 16.5. The highest BCUT2D eigenvalue weighted by molar-refractivity contribution is 5.79. The van der Waals surface area contributed by atoms with Crippen LogP contribution < -0.4 is 10.1 Å². The molecule has 0 spiro atoms. The number of fused-ring (bicyclic) bond motifs is 2. The van der Waals surface area contributed by atoms with E-state index in [1.165, 1.54) is 0 Å². The van der Waals surface area contributed by atoms with E-state index in [1.807, 2.05) is 49.5 Å². The molecule has 2 heterocycles. The zero-order chi connectivity index (χ0) is 17.9. The molecule has 5 heteroatoms. The van der Waals surface area contributed by atoms with Crippen LogP contribution in [0.4, 0.5) is 0 Å². The van der Waals surface area contributed by atoms with Crippen molar-refractivity contribution >= 4 is 16.9 Å². The van der Waals surface area contributed by atoms with Gasteiger partial charge in [0.1, 0.15) is 18.2 Å². The van der Waals surface area contributed by atoms with Crippen LogP contribution in [0.15, 0.2) is 48.5 Å². The number of benzene rings is 2. The Morgan fingerprint density at radius 3 is 2.92 bits per heavy atom. The Morgan fingerprint density at radius 2 is 2.04 bits per heavy atom. The minimum absolute atomic E-state index is 0.0736. The zero-order valence-electron chi connectivity index (χ0n) is 14.9. The molecule has 1 N–H and O–H groups in total. The molecular formula is C21H23N3O2. The van der Waals surface area contributed by atoms with Crippen molar-refractivity contribution in [2.24, 2.45) is 13.0 Å². The molecule has 0 bridgehead atoms. The van der Waals surface area contributed by atoms with Gasteiger partial charge in [0.05, 0.1) is 17.0 Å². The average molecular weight is 349 g/mol. The summed E-state index contributed by atoms with van der Waals surface area (Å²) in [5.41, 5.74) is 3.27. The van der Waals surface area contributed by atoms with Crippen molar-refractivity contribution < 1.29 is 9.53 Å². The first kappa shape index (κ1) is 16.6. The molecule has 1 unspecified atom stereocenters. The lowest BCUT2D eigenvalue weighted by Gasteiger charge is -2.24. The summed E-state index contributed by atoms with van der Waals surface area (Å²) in [6, 6.07) is 16.1. The topological polar surface area (TPSA) is 56.2 Å². The fourth-order valence-electron chi connectivity index (χ4n) is 3.52. The van der Waals surface area contributed by atoms with Crippen molar-refractivity contribution in [1.29, 1.82) is 0 Å². The number of imidazole rings is 1. The number of para-hydroxylation sites is 3. The van der Waals surface area contributed by atoms with Crippen molar-refractivity contribution in [3.63, 3.8) is 0 Å². The monoisotopic (exact) mass is 349 g/mol. The van der Waals surface area contributed by atoms with Crippen LogP contribution in [0, 0.1) is 5.92 Å². The predicted octanol–water partition coefficient (Wildman–Crippen LogP) is 2.87. The second-order valence-electron chi connectivity index (χ2n) is 6.79. The number of carbonyl (C=O) groups is 1. The second kappa shape index (κ2) is 7.20. The molecule has 1 atom stereocenters. The third kappa shape index (κ3) is 3.29. The van der Waals surface area contributed by atoms with Crippen LogP contribution in [0.3, 0.4) is 0 Å². The maximum Gasteiger partial charge on any atom is 0.226 e. The fraction of sp³-hybridized carbons (Fsp3) is 0.333. The lowest BCUT2D eigenvalue weighted by Crippen LogP contribution is -2.37. The molecule has 1 aliphatic rings. The van der Waals surface area contributed by atoms with Crippen LogP contribution in [0.25, 0.3) is 11.0 Å². The SMILES string of the molecule is Cn1c(CCCNC(=O)C2COc3ccccc3C2)nc2ccccc21. The van der Waals surface area contributed by atoms with Crippen LogP contribution in [-0.4, -0.2) is 28.6 Å². The normalized spacial score (nSPS) is 16.1. The van der Waals surface area contributed by atoms with E-state index < -0.39 is 0 Å². The first-order valence-electron chi connectivity index (χ1n) is 9.11. The van der Waals surface area contributed by atoms with E-state index in [2.05, 4.69) is 20.9 Å². The van der Waals surface area contributed by atoms with E-state index in [0.717, 1.165) is 47.4 Å². The number of aryl methyl sites for hydroxylation is 2. The van der Waals surface area contributed by atoms with E-state index >= 15 is 0 Å². The molecule has 1 amide bonds. The van der Waals surface area contributed by atoms with Gasteiger partial charge in [-0.25, -0.2) is 4.98 Å². The molecular weight excluding hydrogens is 326 g/mol. The first-order valence-corrected chi connectivity index (χ1v) is 9.11. The number of ether oxygens (including phenoxy) is 1. The molecule has 0 saturated carbocycles. The largest absolute Gasteiger partial charge is 0.492 e. The van der Waals surface area contributed by atoms with Crippen LogP contribution >= 0.6 is 0 Å². The van der Waals surface area contributed by atoms with Crippen molar-refractivity contribution in [1.82, 2.24) is 14.9 Å². The molecule has 26 heavy (non-hydrogen) atoms. The number of rotatable bonds is 5. The highest BCUT2D eigenvalue weighted by Gasteiger charge is 2.25. The fourth-order valence-corrected chi connectivity index (χ4v) is 3.52. The van der Waals surface area contributed by atoms with Gasteiger partial charge in [0.2, 0.25) is 5.91 Å². The number of hydrogen-bond donors (Lipinski definition) is 1. The van der Waals surface area contributed by atoms with Crippen LogP contribution in [-0.2, 0) is 24.7 Å². The summed E-state index contributed by atoms with van der Waals surface area (Å²) in [5, 5.41) is 3.05. The third-order valence-electron chi connectivity index (χ3n) is 5.01. The van der Waals surface area contributed by atoms with Gasteiger partial charge in [0, 0.05) is 20.0 Å². The Labute approximate surface area is 153 Å². The molecule has 1 aliphatic heterocycles. The maximum atomic E-state index is 12.4. The number of nitrogens with zero attached hydrogens (tertiary/aromatic N) is 2. The van der Waals surface area contributed by atoms with E-state index in [4.69, 9.17) is 4.74 Å². The minimum atomic E-state index is -0.111. The number of amides is 1. The Bertz CT molecular complexity index is 932. The average Bonchev–Trinajstić information content (AvgIpc) is 3.01. The Balaban J connectivity index is 1.28. The van der Waals surface area contributed by atoms with Crippen molar-refractivity contribution in [3.05, 3.63) is 59.9 Å². The summed E-state index contributed by atoms with van der Waals surface area (Å²) >= 11 is 0. The summed E-state index contributed by atoms with van der Waals surface area (Å²) in [6.45, 7) is 1.10. The van der Waals surface area contributed by atoms with Gasteiger partial charge >= 0.3 is 0 Å². The Hall–Kier alpha value is -2.82. The molecule has 0 saturated heterocycles. The summed E-state index contributed by atoms with van der Waals surface area (Å²) in [6.07, 6.45) is 2.45. The molecule has 0 radical (unpaired) electrons. The Morgan fingerprint density at radius 1 is 1.23 bits per heavy atom. The molecule has 1 aromatic heterocycles. The molecule has 3 aromatic rings. The van der Waals surface area contributed by atoms with E-state index in [1.54, 1.807) is 0 Å². The van der Waals surface area contributed by atoms with Gasteiger partial charge in [-0.1, -0.05) is 30.3 Å². The van der Waals surface area contributed by atoms with Gasteiger partial charge in [-0.2, -0.15) is 0 Å². The third-order valence-corrected chi connectivity index (χ3v) is 5.01. The molecule has 134 valence electrons. The van der Waals surface area contributed by atoms with E-state index in [-0.39, 0.29) is 11.8 Å². The van der Waals surface area contributed by atoms with E-state index in [0.29, 0.717) is 13.2 Å². The minimum Gasteiger partial charge on any atom is -0.492 e. The number of aromatic nitrogens is 2. The van der Waals surface area contributed by atoms with Crippen LogP contribution in [0.5, 0.6) is 5.75 Å². The summed E-state index contributed by atoms with van der Waals surface area (Å²) in [5.74, 6) is 1.92. The maximum absolute atomic E-state index is 12.4. The van der Waals surface area contributed by atoms with Gasteiger partial charge < -0.3 is 14.6 Å². The summed E-state index contributed by atoms with van der Waals surface area (Å²) < 4.78 is 7.84. The molecule has 4 rings (SSSR count). The molecule has 0 aliphatic carbocycles. The predicted molar refractivity (Wildman–Crippen MR) is 101 cm³/mol. The summed E-state index contributed by atoms with van der Waals surface area (Å²) in [7, 11) is 2.04.